The molecule has 0 radical (unpaired) electrons. The van der Waals surface area contributed by atoms with Gasteiger partial charge < -0.3 is 4.57 Å². The number of Topliss-reactive ketones (excluding diaryl/α,β-unsaturated/α-hetero) is 1. The van der Waals surface area contributed by atoms with Crippen molar-refractivity contribution in [2.45, 2.75) is 6.92 Å². The molecular formula is C17H15NO. The first kappa shape index (κ1) is 11.7. The molecule has 19 heavy (non-hydrogen) atoms. The first-order valence-electron chi connectivity index (χ1n) is 6.33. The minimum Gasteiger partial charge on any atom is -0.341 e. The summed E-state index contributed by atoms with van der Waals surface area (Å²) in [6, 6.07) is 18.5. The summed E-state index contributed by atoms with van der Waals surface area (Å²) in [7, 11) is 1.94. The third kappa shape index (κ3) is 1.85. The molecule has 2 aromatic carbocycles. The maximum absolute atomic E-state index is 11.6. The quantitative estimate of drug-likeness (QED) is 0.628. The van der Waals surface area contributed by atoms with Crippen molar-refractivity contribution in [1.82, 2.24) is 4.57 Å². The fourth-order valence-electron chi connectivity index (χ4n) is 2.58. The highest BCUT2D eigenvalue weighted by Gasteiger charge is 2.11. The van der Waals surface area contributed by atoms with Gasteiger partial charge in [-0.05, 0) is 22.9 Å². The fraction of sp³-hybridized carbons (Fsp3) is 0.118. The molecule has 0 saturated carbocycles. The second-order valence-electron chi connectivity index (χ2n) is 4.75. The van der Waals surface area contributed by atoms with Crippen LogP contribution in [0.2, 0.25) is 0 Å². The summed E-state index contributed by atoms with van der Waals surface area (Å²) >= 11 is 0. The van der Waals surface area contributed by atoms with Crippen LogP contribution >= 0.6 is 0 Å². The largest absolute Gasteiger partial charge is 0.341 e. The third-order valence-corrected chi connectivity index (χ3v) is 3.55. The highest BCUT2D eigenvalue weighted by atomic mass is 16.1. The van der Waals surface area contributed by atoms with Crippen molar-refractivity contribution < 1.29 is 4.79 Å². The van der Waals surface area contributed by atoms with Crippen molar-refractivity contribution >= 4 is 16.6 Å². The van der Waals surface area contributed by atoms with E-state index in [4.69, 9.17) is 0 Å². The van der Waals surface area contributed by atoms with E-state index in [9.17, 15) is 4.79 Å². The first-order chi connectivity index (χ1) is 9.18. The average molecular weight is 249 g/mol. The summed E-state index contributed by atoms with van der Waals surface area (Å²) in [4.78, 5) is 11.6. The summed E-state index contributed by atoms with van der Waals surface area (Å²) in [6.07, 6.45) is 0. The molecule has 1 aromatic heterocycles. The zero-order valence-electron chi connectivity index (χ0n) is 11.1. The molecule has 3 rings (SSSR count). The summed E-state index contributed by atoms with van der Waals surface area (Å²) in [5, 5.41) is 2.42. The number of carbonyl (C=O) groups excluding carboxylic acids is 1. The van der Waals surface area contributed by atoms with Gasteiger partial charge >= 0.3 is 0 Å². The van der Waals surface area contributed by atoms with Gasteiger partial charge in [-0.3, -0.25) is 4.79 Å². The molecule has 0 N–H and O–H groups in total. The van der Waals surface area contributed by atoms with Crippen LogP contribution in [0.3, 0.4) is 0 Å². The van der Waals surface area contributed by atoms with Gasteiger partial charge in [0.25, 0.3) is 0 Å². The fourth-order valence-corrected chi connectivity index (χ4v) is 2.58. The molecule has 94 valence electrons. The van der Waals surface area contributed by atoms with E-state index in [1.807, 2.05) is 35.9 Å². The van der Waals surface area contributed by atoms with E-state index < -0.39 is 0 Å². The van der Waals surface area contributed by atoms with Crippen LogP contribution in [0.1, 0.15) is 17.4 Å². The number of aromatic nitrogens is 1. The van der Waals surface area contributed by atoms with Crippen molar-refractivity contribution in [3.05, 3.63) is 60.3 Å². The maximum atomic E-state index is 11.6. The van der Waals surface area contributed by atoms with Crippen molar-refractivity contribution in [1.29, 1.82) is 0 Å². The molecule has 2 nitrogen and oxygen atoms in total. The Kier molecular flexibility index (Phi) is 2.71. The molecule has 1 heterocycles. The van der Waals surface area contributed by atoms with Crippen LogP contribution < -0.4 is 0 Å². The van der Waals surface area contributed by atoms with Crippen LogP contribution in [0.25, 0.3) is 22.0 Å². The van der Waals surface area contributed by atoms with Crippen molar-refractivity contribution in [3.63, 3.8) is 0 Å². The molecule has 0 aliphatic rings. The summed E-state index contributed by atoms with van der Waals surface area (Å²) < 4.78 is 1.96. The van der Waals surface area contributed by atoms with Gasteiger partial charge in [0.15, 0.2) is 5.78 Å². The number of hydrogen-bond donors (Lipinski definition) is 0. The summed E-state index contributed by atoms with van der Waals surface area (Å²) in [5.41, 5.74) is 2.97. The Morgan fingerprint density at radius 3 is 2.42 bits per heavy atom. The van der Waals surface area contributed by atoms with Gasteiger partial charge in [0.2, 0.25) is 0 Å². The minimum atomic E-state index is 0.0917. The van der Waals surface area contributed by atoms with Crippen molar-refractivity contribution in [3.8, 4) is 11.3 Å². The Labute approximate surface area is 112 Å². The molecule has 3 aromatic rings. The van der Waals surface area contributed by atoms with E-state index >= 15 is 0 Å². The van der Waals surface area contributed by atoms with E-state index in [1.165, 1.54) is 10.8 Å². The van der Waals surface area contributed by atoms with Crippen molar-refractivity contribution in [2.24, 2.45) is 7.05 Å². The van der Waals surface area contributed by atoms with E-state index in [-0.39, 0.29) is 5.78 Å². The second kappa shape index (κ2) is 4.39. The lowest BCUT2D eigenvalue weighted by molar-refractivity contribution is 0.101. The molecule has 0 amide bonds. The van der Waals surface area contributed by atoms with Gasteiger partial charge in [-0.2, -0.15) is 0 Å². The minimum absolute atomic E-state index is 0.0917. The standard InChI is InChI=1S/C17H15NO/c1-12(19)16-10-11-17(18(16)2)15-9-5-7-13-6-3-4-8-14(13)15/h3-11H,1-2H3. The number of carbonyl (C=O) groups is 1. The van der Waals surface area contributed by atoms with E-state index in [0.717, 1.165) is 17.0 Å². The van der Waals surface area contributed by atoms with Gasteiger partial charge in [-0.15, -0.1) is 0 Å². The topological polar surface area (TPSA) is 22.0 Å². The van der Waals surface area contributed by atoms with Crippen LogP contribution in [-0.4, -0.2) is 10.4 Å². The van der Waals surface area contributed by atoms with E-state index in [1.54, 1.807) is 6.92 Å². The molecule has 0 atom stereocenters. The Morgan fingerprint density at radius 1 is 0.947 bits per heavy atom. The lowest BCUT2D eigenvalue weighted by Crippen LogP contribution is -2.02. The van der Waals surface area contributed by atoms with E-state index in [0.29, 0.717) is 0 Å². The van der Waals surface area contributed by atoms with Crippen LogP contribution in [-0.2, 0) is 7.05 Å². The monoisotopic (exact) mass is 249 g/mol. The molecular weight excluding hydrogens is 234 g/mol. The predicted octanol–water partition coefficient (Wildman–Crippen LogP) is 4.05. The highest BCUT2D eigenvalue weighted by molar-refractivity contribution is 5.98. The van der Waals surface area contributed by atoms with Crippen LogP contribution in [0, 0.1) is 0 Å². The Hall–Kier alpha value is -2.35. The Bertz CT molecular complexity index is 763. The maximum Gasteiger partial charge on any atom is 0.176 e. The van der Waals surface area contributed by atoms with Gasteiger partial charge in [0.1, 0.15) is 0 Å². The molecule has 0 bridgehead atoms. The molecule has 0 spiro atoms. The van der Waals surface area contributed by atoms with Gasteiger partial charge in [-0.1, -0.05) is 42.5 Å². The molecule has 0 saturated heterocycles. The normalized spacial score (nSPS) is 10.8. The SMILES string of the molecule is CC(=O)c1ccc(-c2cccc3ccccc23)n1C. The molecule has 0 unspecified atom stereocenters. The summed E-state index contributed by atoms with van der Waals surface area (Å²) in [6.45, 7) is 1.60. The molecule has 2 heteroatoms. The molecule has 0 fully saturated rings. The molecule has 0 aliphatic heterocycles. The van der Waals surface area contributed by atoms with Gasteiger partial charge in [0, 0.05) is 25.2 Å². The Morgan fingerprint density at radius 2 is 1.68 bits per heavy atom. The average Bonchev–Trinajstić information content (AvgIpc) is 2.80. The number of benzene rings is 2. The zero-order chi connectivity index (χ0) is 13.4. The molecule has 0 aliphatic carbocycles. The van der Waals surface area contributed by atoms with Crippen LogP contribution in [0.5, 0.6) is 0 Å². The number of ketones is 1. The second-order valence-corrected chi connectivity index (χ2v) is 4.75. The van der Waals surface area contributed by atoms with E-state index in [2.05, 4.69) is 30.3 Å². The number of fused-ring (bicyclic) bond motifs is 1. The lowest BCUT2D eigenvalue weighted by Gasteiger charge is -2.09. The third-order valence-electron chi connectivity index (χ3n) is 3.55. The lowest BCUT2D eigenvalue weighted by atomic mass is 10.0. The number of hydrogen-bond acceptors (Lipinski definition) is 1. The van der Waals surface area contributed by atoms with Gasteiger partial charge in [0.05, 0.1) is 5.69 Å². The van der Waals surface area contributed by atoms with Crippen LogP contribution in [0.15, 0.2) is 54.6 Å². The zero-order valence-corrected chi connectivity index (χ0v) is 11.1. The van der Waals surface area contributed by atoms with Gasteiger partial charge in [-0.25, -0.2) is 0 Å². The number of rotatable bonds is 2. The van der Waals surface area contributed by atoms with Crippen LogP contribution in [0.4, 0.5) is 0 Å². The highest BCUT2D eigenvalue weighted by Crippen LogP contribution is 2.29. The Balaban J connectivity index is 2.28. The van der Waals surface area contributed by atoms with Crippen molar-refractivity contribution in [2.75, 3.05) is 0 Å². The smallest absolute Gasteiger partial charge is 0.176 e. The first-order valence-corrected chi connectivity index (χ1v) is 6.33. The summed E-state index contributed by atoms with van der Waals surface area (Å²) in [5.74, 6) is 0.0917. The predicted molar refractivity (Wildman–Crippen MR) is 78.4 cm³/mol. The number of nitrogens with zero attached hydrogens (tertiary/aromatic N) is 1.